The molecule has 0 spiro atoms. The van der Waals surface area contributed by atoms with E-state index in [1.165, 1.54) is 3.97 Å². The molecule has 1 aliphatic carbocycles. The van der Waals surface area contributed by atoms with E-state index >= 15 is 0 Å². The van der Waals surface area contributed by atoms with Gasteiger partial charge in [-0.1, -0.05) is 21.1 Å². The van der Waals surface area contributed by atoms with E-state index < -0.39 is 21.2 Å². The number of fused-ring (bicyclic) bond motifs is 3. The standard InChI is InChI=1S/C29H32N4O6S.C14H18BrNO2/c1-14-8-22(29(35)32-12-15(2)38-16(3)13-32)26-21-10-19(25-17(4)31-39-18(25)5)11-23(28(30)34)27(21)33(24(26)9-14)40(36,37)20-6-7-20;1-9-4-12(6-13(15)5-9)14(17)16-7-10(2)18-11(3)8-16/h8-11,15-16,20H,6-7,12-13H2,1-5H3,(H2,30,34);4-6,10-11H,7-8H2,1-3H3/t15-,16+;10-,11+. The van der Waals surface area contributed by atoms with Gasteiger partial charge in [-0.05, 0) is 127 Å². The van der Waals surface area contributed by atoms with Crippen molar-refractivity contribution < 1.29 is 36.8 Å². The van der Waals surface area contributed by atoms with E-state index in [2.05, 4.69) is 21.1 Å². The minimum atomic E-state index is -3.88. The Kier molecular flexibility index (Phi) is 11.4. The Morgan fingerprint density at radius 2 is 1.33 bits per heavy atom. The SMILES string of the molecule is Cc1cc(Br)cc(C(=O)N2C[C@@H](C)O[C@@H](C)C2)c1.Cc1cc(C(=O)N2C[C@@H](C)O[C@@H](C)C2)c2c3cc(-c4c(C)noc4C)cc(C(N)=O)c3n(S(=O)(=O)C3CC3)c2c1. The van der Waals surface area contributed by atoms with E-state index in [9.17, 15) is 22.8 Å². The molecule has 2 saturated heterocycles. The molecule has 2 N–H and O–H groups in total. The molecule has 3 fully saturated rings. The number of amides is 3. The number of hydrogen-bond donors (Lipinski definition) is 1. The monoisotopic (exact) mass is 875 g/mol. The van der Waals surface area contributed by atoms with Gasteiger partial charge in [-0.25, -0.2) is 12.4 Å². The van der Waals surface area contributed by atoms with Crippen molar-refractivity contribution in [2.45, 2.75) is 97.9 Å². The summed E-state index contributed by atoms with van der Waals surface area (Å²) >= 11 is 3.43. The molecule has 2 aliphatic heterocycles. The van der Waals surface area contributed by atoms with Crippen molar-refractivity contribution in [1.29, 1.82) is 0 Å². The first-order valence-electron chi connectivity index (χ1n) is 19.6. The number of carbonyl (C=O) groups is 3. The molecule has 15 heteroatoms. The number of aryl methyl sites for hydroxylation is 4. The predicted octanol–water partition coefficient (Wildman–Crippen LogP) is 7.07. The zero-order valence-electron chi connectivity index (χ0n) is 34.1. The molecule has 0 radical (unpaired) electrons. The van der Waals surface area contributed by atoms with Crippen LogP contribution in [0.15, 0.2) is 51.5 Å². The van der Waals surface area contributed by atoms with Gasteiger partial charge in [-0.15, -0.1) is 0 Å². The Balaban J connectivity index is 0.000000238. The minimum Gasteiger partial charge on any atom is -0.372 e. The molecule has 3 amide bonds. The number of benzene rings is 3. The van der Waals surface area contributed by atoms with E-state index in [1.54, 1.807) is 36.9 Å². The number of ether oxygens (including phenoxy) is 2. The number of rotatable bonds is 6. The molecule has 2 aromatic heterocycles. The maximum atomic E-state index is 14.1. The van der Waals surface area contributed by atoms with Crippen molar-refractivity contribution in [2.24, 2.45) is 5.73 Å². The lowest BCUT2D eigenvalue weighted by Gasteiger charge is -2.35. The molecule has 308 valence electrons. The number of aromatic nitrogens is 2. The van der Waals surface area contributed by atoms with Crippen molar-refractivity contribution in [1.82, 2.24) is 18.9 Å². The van der Waals surface area contributed by atoms with Gasteiger partial charge < -0.3 is 29.5 Å². The van der Waals surface area contributed by atoms with E-state index in [1.807, 2.05) is 70.7 Å². The molecule has 8 rings (SSSR count). The highest BCUT2D eigenvalue weighted by Crippen LogP contribution is 2.43. The van der Waals surface area contributed by atoms with Crippen molar-refractivity contribution in [3.05, 3.63) is 86.2 Å². The van der Waals surface area contributed by atoms with Crippen molar-refractivity contribution in [2.75, 3.05) is 26.2 Å². The summed E-state index contributed by atoms with van der Waals surface area (Å²) in [6.07, 6.45) is 0.993. The van der Waals surface area contributed by atoms with Gasteiger partial charge in [0.1, 0.15) is 5.76 Å². The molecular formula is C43H50BrN5O8S. The molecule has 4 heterocycles. The average Bonchev–Trinajstić information content (AvgIpc) is 3.88. The Labute approximate surface area is 347 Å². The molecule has 58 heavy (non-hydrogen) atoms. The number of halogens is 1. The maximum absolute atomic E-state index is 14.1. The fraction of sp³-hybridized carbons (Fsp3) is 0.442. The van der Waals surface area contributed by atoms with E-state index in [0.29, 0.717) is 83.5 Å². The summed E-state index contributed by atoms with van der Waals surface area (Å²) in [7, 11) is -3.88. The van der Waals surface area contributed by atoms with Gasteiger partial charge in [0.05, 0.1) is 52.0 Å². The van der Waals surface area contributed by atoms with Crippen LogP contribution in [0.3, 0.4) is 0 Å². The van der Waals surface area contributed by atoms with Crippen LogP contribution in [0, 0.1) is 27.7 Å². The average molecular weight is 877 g/mol. The van der Waals surface area contributed by atoms with Crippen LogP contribution < -0.4 is 5.73 Å². The highest BCUT2D eigenvalue weighted by atomic mass is 79.9. The third-order valence-electron chi connectivity index (χ3n) is 10.8. The number of nitrogens with zero attached hydrogens (tertiary/aromatic N) is 4. The number of nitrogens with two attached hydrogens (primary N) is 1. The van der Waals surface area contributed by atoms with Crippen LogP contribution >= 0.6 is 15.9 Å². The fourth-order valence-electron chi connectivity index (χ4n) is 8.45. The topological polar surface area (TPSA) is 167 Å². The summed E-state index contributed by atoms with van der Waals surface area (Å²) in [4.78, 5) is 43.1. The molecule has 0 bridgehead atoms. The first-order valence-corrected chi connectivity index (χ1v) is 21.9. The summed E-state index contributed by atoms with van der Waals surface area (Å²) in [6, 6.07) is 12.8. The van der Waals surface area contributed by atoms with Crippen LogP contribution in [0.2, 0.25) is 0 Å². The van der Waals surface area contributed by atoms with Gasteiger partial charge in [0.2, 0.25) is 10.0 Å². The quantitative estimate of drug-likeness (QED) is 0.188. The second-order valence-corrected chi connectivity index (χ2v) is 19.1. The van der Waals surface area contributed by atoms with Gasteiger partial charge in [0.25, 0.3) is 17.7 Å². The Hall–Kier alpha value is -4.57. The smallest absolute Gasteiger partial charge is 0.254 e. The predicted molar refractivity (Wildman–Crippen MR) is 226 cm³/mol. The Bertz CT molecular complexity index is 2520. The zero-order chi connectivity index (χ0) is 42.0. The highest BCUT2D eigenvalue weighted by molar-refractivity contribution is 9.10. The maximum Gasteiger partial charge on any atom is 0.254 e. The number of carbonyl (C=O) groups excluding carboxylic acids is 3. The van der Waals surface area contributed by atoms with Gasteiger partial charge in [0.15, 0.2) is 0 Å². The molecule has 3 aliphatic rings. The van der Waals surface area contributed by atoms with Crippen LogP contribution in [0.25, 0.3) is 32.9 Å². The summed E-state index contributed by atoms with van der Waals surface area (Å²) in [5, 5.41) is 4.42. The summed E-state index contributed by atoms with van der Waals surface area (Å²) in [5.41, 5.74) is 11.3. The van der Waals surface area contributed by atoms with Crippen LogP contribution in [0.4, 0.5) is 0 Å². The third-order valence-corrected chi connectivity index (χ3v) is 13.4. The molecule has 1 saturated carbocycles. The normalized spacial score (nSPS) is 21.3. The largest absolute Gasteiger partial charge is 0.372 e. The van der Waals surface area contributed by atoms with Gasteiger partial charge in [-0.3, -0.25) is 14.4 Å². The van der Waals surface area contributed by atoms with Gasteiger partial charge >= 0.3 is 0 Å². The number of primary amides is 1. The number of hydrogen-bond acceptors (Lipinski definition) is 9. The third kappa shape index (κ3) is 8.05. The van der Waals surface area contributed by atoms with Crippen molar-refractivity contribution in [3.8, 4) is 11.1 Å². The first-order chi connectivity index (χ1) is 27.3. The van der Waals surface area contributed by atoms with Crippen LogP contribution in [0.1, 0.15) is 94.2 Å². The van der Waals surface area contributed by atoms with Gasteiger partial charge in [-0.2, -0.15) is 0 Å². The lowest BCUT2D eigenvalue weighted by atomic mass is 9.96. The lowest BCUT2D eigenvalue weighted by Crippen LogP contribution is -2.48. The van der Waals surface area contributed by atoms with Crippen LogP contribution in [0.5, 0.6) is 0 Å². The zero-order valence-corrected chi connectivity index (χ0v) is 36.5. The fourth-order valence-corrected chi connectivity index (χ4v) is 11.0. The summed E-state index contributed by atoms with van der Waals surface area (Å²) in [6.45, 7) is 17.4. The molecule has 4 atom stereocenters. The first kappa shape index (κ1) is 41.6. The van der Waals surface area contributed by atoms with Gasteiger partial charge in [0, 0.05) is 58.1 Å². The Morgan fingerprint density at radius 3 is 1.84 bits per heavy atom. The van der Waals surface area contributed by atoms with Crippen molar-refractivity contribution >= 4 is 65.5 Å². The highest BCUT2D eigenvalue weighted by Gasteiger charge is 2.40. The second-order valence-electron chi connectivity index (χ2n) is 16.2. The Morgan fingerprint density at radius 1 is 0.759 bits per heavy atom. The second kappa shape index (κ2) is 15.9. The van der Waals surface area contributed by atoms with E-state index in [4.69, 9.17) is 19.7 Å². The summed E-state index contributed by atoms with van der Waals surface area (Å²) < 4.78 is 46.9. The van der Waals surface area contributed by atoms with Crippen LogP contribution in [-0.4, -0.2) is 101 Å². The lowest BCUT2D eigenvalue weighted by molar-refractivity contribution is -0.0586. The molecule has 0 unspecified atom stereocenters. The summed E-state index contributed by atoms with van der Waals surface area (Å²) in [5.74, 6) is -0.359. The minimum absolute atomic E-state index is 0.0533. The molecule has 13 nitrogen and oxygen atoms in total. The van der Waals surface area contributed by atoms with Crippen molar-refractivity contribution in [3.63, 3.8) is 0 Å². The number of morpholine rings is 2. The van der Waals surface area contributed by atoms with Crippen LogP contribution in [-0.2, 0) is 19.5 Å². The van der Waals surface area contributed by atoms with E-state index in [-0.39, 0.29) is 47.3 Å². The van der Waals surface area contributed by atoms with E-state index in [0.717, 1.165) is 21.2 Å². The molecule has 3 aromatic carbocycles. The molecule has 5 aromatic rings. The molecular weight excluding hydrogens is 826 g/mol.